The van der Waals surface area contributed by atoms with Crippen molar-refractivity contribution in [1.82, 2.24) is 15.2 Å². The molecule has 0 bridgehead atoms. The summed E-state index contributed by atoms with van der Waals surface area (Å²) in [6, 6.07) is 11.0. The van der Waals surface area contributed by atoms with Crippen LogP contribution >= 0.6 is 0 Å². The molecule has 25 heavy (non-hydrogen) atoms. The molecule has 6 nitrogen and oxygen atoms in total. The van der Waals surface area contributed by atoms with Gasteiger partial charge in [0.25, 0.3) is 11.8 Å². The topological polar surface area (TPSA) is 74.3 Å². The van der Waals surface area contributed by atoms with E-state index in [0.29, 0.717) is 37.3 Å². The lowest BCUT2D eigenvalue weighted by Gasteiger charge is -2.27. The van der Waals surface area contributed by atoms with Crippen molar-refractivity contribution in [2.75, 3.05) is 31.5 Å². The lowest BCUT2D eigenvalue weighted by atomic mass is 9.96. The third kappa shape index (κ3) is 3.96. The van der Waals surface area contributed by atoms with Gasteiger partial charge in [0, 0.05) is 43.5 Å². The predicted octanol–water partition coefficient (Wildman–Crippen LogP) is 1.94. The fourth-order valence-electron chi connectivity index (χ4n) is 2.92. The second kappa shape index (κ2) is 7.79. The van der Waals surface area contributed by atoms with Crippen LogP contribution in [0, 0.1) is 0 Å². The molecule has 0 aliphatic carbocycles. The minimum Gasteiger partial charge on any atom is -0.368 e. The number of nitrogens with zero attached hydrogens (tertiary/aromatic N) is 2. The van der Waals surface area contributed by atoms with Crippen LogP contribution in [-0.4, -0.2) is 47.9 Å². The molecule has 1 aromatic carbocycles. The maximum Gasteiger partial charge on any atom is 0.254 e. The first kappa shape index (κ1) is 17.0. The molecule has 0 atom stereocenters. The summed E-state index contributed by atoms with van der Waals surface area (Å²) in [7, 11) is 0. The Morgan fingerprint density at radius 1 is 1.24 bits per heavy atom. The number of fused-ring (bicyclic) bond motifs is 1. The lowest BCUT2D eigenvalue weighted by Crippen LogP contribution is -2.37. The van der Waals surface area contributed by atoms with Crippen LogP contribution in [0.2, 0.25) is 0 Å². The van der Waals surface area contributed by atoms with E-state index in [9.17, 15) is 9.59 Å². The fourth-order valence-corrected chi connectivity index (χ4v) is 2.92. The number of aromatic nitrogens is 1. The summed E-state index contributed by atoms with van der Waals surface area (Å²) >= 11 is 0. The number of carbonyl (C=O) groups excluding carboxylic acids is 2. The summed E-state index contributed by atoms with van der Waals surface area (Å²) in [5.74, 6) is 0.704. The number of hydrogen-bond donors (Lipinski definition) is 2. The zero-order chi connectivity index (χ0) is 17.6. The van der Waals surface area contributed by atoms with Gasteiger partial charge >= 0.3 is 0 Å². The molecular weight excluding hydrogens is 316 g/mol. The Labute approximate surface area is 147 Å². The largest absolute Gasteiger partial charge is 0.368 e. The third-order valence-corrected chi connectivity index (χ3v) is 4.30. The molecule has 1 aromatic heterocycles. The smallest absolute Gasteiger partial charge is 0.254 e. The number of benzene rings is 1. The van der Waals surface area contributed by atoms with Crippen molar-refractivity contribution in [3.05, 3.63) is 59.3 Å². The van der Waals surface area contributed by atoms with Gasteiger partial charge in [-0.15, -0.1) is 0 Å². The van der Waals surface area contributed by atoms with Crippen LogP contribution in [-0.2, 0) is 6.42 Å². The van der Waals surface area contributed by atoms with Gasteiger partial charge in [0.2, 0.25) is 0 Å². The van der Waals surface area contributed by atoms with E-state index in [2.05, 4.69) is 15.6 Å². The number of amides is 2. The number of rotatable bonds is 6. The van der Waals surface area contributed by atoms with Crippen molar-refractivity contribution >= 4 is 17.6 Å². The van der Waals surface area contributed by atoms with Crippen molar-refractivity contribution in [3.63, 3.8) is 0 Å². The molecule has 2 heterocycles. The van der Waals surface area contributed by atoms with Crippen molar-refractivity contribution in [1.29, 1.82) is 0 Å². The Bertz CT molecular complexity index is 761. The molecular formula is C19H22N4O2. The maximum absolute atomic E-state index is 12.3. The van der Waals surface area contributed by atoms with Gasteiger partial charge in [-0.3, -0.25) is 9.59 Å². The molecule has 2 amide bonds. The van der Waals surface area contributed by atoms with Crippen LogP contribution in [0.5, 0.6) is 0 Å². The number of hydrogen-bond acceptors (Lipinski definition) is 4. The molecule has 0 spiro atoms. The van der Waals surface area contributed by atoms with Gasteiger partial charge < -0.3 is 15.5 Å². The van der Waals surface area contributed by atoms with Gasteiger partial charge in [0.15, 0.2) is 0 Å². The van der Waals surface area contributed by atoms with Crippen molar-refractivity contribution in [2.24, 2.45) is 0 Å². The maximum atomic E-state index is 12.3. The number of nitrogens with one attached hydrogen (secondary N) is 2. The Morgan fingerprint density at radius 2 is 2.12 bits per heavy atom. The molecule has 0 unspecified atom stereocenters. The van der Waals surface area contributed by atoms with Gasteiger partial charge in [-0.05, 0) is 49.2 Å². The molecule has 130 valence electrons. The summed E-state index contributed by atoms with van der Waals surface area (Å²) in [4.78, 5) is 30.6. The van der Waals surface area contributed by atoms with E-state index in [1.54, 1.807) is 18.3 Å². The van der Waals surface area contributed by atoms with Gasteiger partial charge in [0.05, 0.1) is 0 Å². The van der Waals surface area contributed by atoms with E-state index in [1.165, 1.54) is 0 Å². The lowest BCUT2D eigenvalue weighted by molar-refractivity contribution is 0.0748. The second-order valence-electron chi connectivity index (χ2n) is 5.90. The van der Waals surface area contributed by atoms with E-state index < -0.39 is 0 Å². The average molecular weight is 338 g/mol. The fraction of sp³-hybridized carbons (Fsp3) is 0.316. The molecule has 0 saturated heterocycles. The van der Waals surface area contributed by atoms with Gasteiger partial charge in [0.1, 0.15) is 5.82 Å². The molecule has 1 aliphatic rings. The average Bonchev–Trinajstić information content (AvgIpc) is 2.66. The Kier molecular flexibility index (Phi) is 5.28. The Morgan fingerprint density at radius 3 is 2.88 bits per heavy atom. The minimum absolute atomic E-state index is 0.0512. The van der Waals surface area contributed by atoms with Gasteiger partial charge in [-0.2, -0.15) is 0 Å². The van der Waals surface area contributed by atoms with Crippen molar-refractivity contribution in [2.45, 2.75) is 13.3 Å². The van der Waals surface area contributed by atoms with Gasteiger partial charge in [-0.25, -0.2) is 4.98 Å². The highest BCUT2D eigenvalue weighted by Gasteiger charge is 2.23. The molecule has 0 radical (unpaired) electrons. The van der Waals surface area contributed by atoms with Crippen LogP contribution in [0.3, 0.4) is 0 Å². The van der Waals surface area contributed by atoms with Gasteiger partial charge in [-0.1, -0.05) is 6.07 Å². The predicted molar refractivity (Wildman–Crippen MR) is 96.8 cm³/mol. The van der Waals surface area contributed by atoms with E-state index >= 15 is 0 Å². The Hall–Kier alpha value is -2.89. The zero-order valence-corrected chi connectivity index (χ0v) is 14.3. The minimum atomic E-state index is -0.129. The van der Waals surface area contributed by atoms with Crippen LogP contribution in [0.15, 0.2) is 42.6 Å². The first-order valence-electron chi connectivity index (χ1n) is 8.54. The van der Waals surface area contributed by atoms with Crippen molar-refractivity contribution < 1.29 is 9.59 Å². The molecule has 2 N–H and O–H groups in total. The SMILES string of the molecule is CCN1CCc2cc(C(=O)NCCNc3ccccn3)ccc2C1=O. The first-order valence-corrected chi connectivity index (χ1v) is 8.54. The molecule has 2 aromatic rings. The monoisotopic (exact) mass is 338 g/mol. The number of likely N-dealkylation sites (N-methyl/N-ethyl adjacent to an activating group) is 1. The van der Waals surface area contributed by atoms with E-state index in [-0.39, 0.29) is 11.8 Å². The van der Waals surface area contributed by atoms with E-state index in [1.807, 2.05) is 36.1 Å². The van der Waals surface area contributed by atoms with E-state index in [4.69, 9.17) is 0 Å². The Balaban J connectivity index is 1.55. The molecule has 6 heteroatoms. The van der Waals surface area contributed by atoms with Crippen molar-refractivity contribution in [3.8, 4) is 0 Å². The summed E-state index contributed by atoms with van der Waals surface area (Å²) in [6.07, 6.45) is 2.51. The molecule has 0 fully saturated rings. The van der Waals surface area contributed by atoms with Crippen LogP contribution in [0.4, 0.5) is 5.82 Å². The highest BCUT2D eigenvalue weighted by atomic mass is 16.2. The molecule has 3 rings (SSSR count). The highest BCUT2D eigenvalue weighted by Crippen LogP contribution is 2.20. The molecule has 0 saturated carbocycles. The third-order valence-electron chi connectivity index (χ3n) is 4.30. The first-order chi connectivity index (χ1) is 12.2. The standard InChI is InChI=1S/C19H22N4O2/c1-2-23-12-8-14-13-15(6-7-16(14)19(23)25)18(24)22-11-10-21-17-5-3-4-9-20-17/h3-7,9,13H,2,8,10-12H2,1H3,(H,20,21)(H,22,24). The van der Waals surface area contributed by atoms with Crippen LogP contribution in [0.25, 0.3) is 0 Å². The summed E-state index contributed by atoms with van der Waals surface area (Å²) in [5.41, 5.74) is 2.25. The summed E-state index contributed by atoms with van der Waals surface area (Å²) in [6.45, 7) is 4.49. The van der Waals surface area contributed by atoms with Crippen LogP contribution < -0.4 is 10.6 Å². The molecule has 1 aliphatic heterocycles. The second-order valence-corrected chi connectivity index (χ2v) is 5.90. The number of pyridine rings is 1. The highest BCUT2D eigenvalue weighted by molar-refractivity contribution is 5.99. The quantitative estimate of drug-likeness (QED) is 0.790. The summed E-state index contributed by atoms with van der Waals surface area (Å²) in [5, 5.41) is 6.03. The van der Waals surface area contributed by atoms with E-state index in [0.717, 1.165) is 17.8 Å². The van der Waals surface area contributed by atoms with Crippen LogP contribution in [0.1, 0.15) is 33.2 Å². The number of carbonyl (C=O) groups is 2. The number of anilines is 1. The summed E-state index contributed by atoms with van der Waals surface area (Å²) < 4.78 is 0. The zero-order valence-electron chi connectivity index (χ0n) is 14.3. The normalized spacial score (nSPS) is 13.3.